The summed E-state index contributed by atoms with van der Waals surface area (Å²) >= 11 is 1.34. The zero-order valence-corrected chi connectivity index (χ0v) is 6.38. The van der Waals surface area contributed by atoms with Gasteiger partial charge in [-0.2, -0.15) is 9.47 Å². The lowest BCUT2D eigenvalue weighted by atomic mass is 10.4. The van der Waals surface area contributed by atoms with Crippen molar-refractivity contribution in [3.8, 4) is 0 Å². The van der Waals surface area contributed by atoms with Crippen molar-refractivity contribution in [1.29, 1.82) is 0 Å². The number of H-pyrrole nitrogens is 1. The Morgan fingerprint density at radius 1 is 1.45 bits per heavy atom. The highest BCUT2D eigenvalue weighted by Gasteiger charge is 2.00. The van der Waals surface area contributed by atoms with Gasteiger partial charge in [0.15, 0.2) is 0 Å². The molecular weight excluding hydrogens is 162 g/mol. The fourth-order valence-corrected chi connectivity index (χ4v) is 1.19. The molecule has 0 saturated heterocycles. The molecule has 0 aliphatic rings. The molecule has 6 heteroatoms. The van der Waals surface area contributed by atoms with E-state index in [2.05, 4.69) is 24.5 Å². The third-order valence-electron chi connectivity index (χ3n) is 1.20. The van der Waals surface area contributed by atoms with Crippen LogP contribution in [-0.2, 0) is 6.42 Å². The van der Waals surface area contributed by atoms with Crippen molar-refractivity contribution in [2.24, 2.45) is 0 Å². The zero-order valence-electron chi connectivity index (χ0n) is 5.56. The van der Waals surface area contributed by atoms with E-state index in [4.69, 9.17) is 0 Å². The SMILES string of the molecule is c1n[nH]c(Cc2ncsn2)n1. The second-order valence-corrected chi connectivity index (χ2v) is 2.56. The van der Waals surface area contributed by atoms with Crippen molar-refractivity contribution in [3.63, 3.8) is 0 Å². The van der Waals surface area contributed by atoms with E-state index >= 15 is 0 Å². The first-order valence-corrected chi connectivity index (χ1v) is 3.88. The van der Waals surface area contributed by atoms with Crippen LogP contribution in [0.2, 0.25) is 0 Å². The summed E-state index contributed by atoms with van der Waals surface area (Å²) in [5.74, 6) is 1.58. The maximum Gasteiger partial charge on any atom is 0.149 e. The molecule has 0 bridgehead atoms. The highest BCUT2D eigenvalue weighted by Crippen LogP contribution is 1.99. The molecule has 56 valence electrons. The van der Waals surface area contributed by atoms with Gasteiger partial charge in [-0.3, -0.25) is 5.10 Å². The van der Waals surface area contributed by atoms with E-state index in [9.17, 15) is 0 Å². The zero-order chi connectivity index (χ0) is 7.52. The molecule has 5 nitrogen and oxygen atoms in total. The first-order chi connectivity index (χ1) is 5.45. The highest BCUT2D eigenvalue weighted by molar-refractivity contribution is 7.03. The maximum atomic E-state index is 4.03. The minimum Gasteiger partial charge on any atom is -0.263 e. The smallest absolute Gasteiger partial charge is 0.149 e. The summed E-state index contributed by atoms with van der Waals surface area (Å²) in [4.78, 5) is 7.96. The normalized spacial score (nSPS) is 10.2. The molecule has 1 N–H and O–H groups in total. The largest absolute Gasteiger partial charge is 0.263 e. The van der Waals surface area contributed by atoms with Gasteiger partial charge in [0.25, 0.3) is 0 Å². The lowest BCUT2D eigenvalue weighted by Crippen LogP contribution is -1.92. The fraction of sp³-hybridized carbons (Fsp3) is 0.200. The van der Waals surface area contributed by atoms with Gasteiger partial charge in [-0.15, -0.1) is 0 Å². The van der Waals surface area contributed by atoms with Crippen LogP contribution in [-0.4, -0.2) is 24.5 Å². The summed E-state index contributed by atoms with van der Waals surface area (Å²) in [6, 6.07) is 0. The van der Waals surface area contributed by atoms with Gasteiger partial charge in [0, 0.05) is 0 Å². The number of hydrogen-bond donors (Lipinski definition) is 1. The quantitative estimate of drug-likeness (QED) is 0.696. The standard InChI is InChI=1S/C5H5N5S/c1(4-6-2-8-9-4)5-7-3-11-10-5/h2-3H,1H2,(H,6,8,9). The molecule has 0 aliphatic heterocycles. The number of aromatic nitrogens is 5. The number of aromatic amines is 1. The molecule has 0 amide bonds. The Balaban J connectivity index is 2.14. The van der Waals surface area contributed by atoms with Gasteiger partial charge in [0.2, 0.25) is 0 Å². The van der Waals surface area contributed by atoms with Crippen LogP contribution < -0.4 is 0 Å². The Bertz CT molecular complexity index is 267. The summed E-state index contributed by atoms with van der Waals surface area (Å²) in [5.41, 5.74) is 1.70. The number of hydrogen-bond acceptors (Lipinski definition) is 5. The molecule has 2 aromatic heterocycles. The predicted molar refractivity (Wildman–Crippen MR) is 39.1 cm³/mol. The van der Waals surface area contributed by atoms with Crippen molar-refractivity contribution in [2.45, 2.75) is 6.42 Å². The minimum absolute atomic E-state index is 0.628. The highest BCUT2D eigenvalue weighted by atomic mass is 32.1. The second-order valence-electron chi connectivity index (χ2n) is 1.96. The van der Waals surface area contributed by atoms with Crippen molar-refractivity contribution in [1.82, 2.24) is 24.5 Å². The topological polar surface area (TPSA) is 67.3 Å². The van der Waals surface area contributed by atoms with Gasteiger partial charge >= 0.3 is 0 Å². The third-order valence-corrected chi connectivity index (χ3v) is 1.71. The molecule has 11 heavy (non-hydrogen) atoms. The van der Waals surface area contributed by atoms with E-state index in [1.165, 1.54) is 17.9 Å². The van der Waals surface area contributed by atoms with Gasteiger partial charge in [-0.1, -0.05) is 0 Å². The molecule has 0 atom stereocenters. The first kappa shape index (κ1) is 6.41. The summed E-state index contributed by atoms with van der Waals surface area (Å²) in [5, 5.41) is 6.45. The number of nitrogens with zero attached hydrogens (tertiary/aromatic N) is 4. The van der Waals surface area contributed by atoms with Gasteiger partial charge in [0.05, 0.1) is 6.42 Å². The Morgan fingerprint density at radius 3 is 3.09 bits per heavy atom. The molecule has 2 rings (SSSR count). The molecule has 0 radical (unpaired) electrons. The molecule has 0 aromatic carbocycles. The average Bonchev–Trinajstić information content (AvgIpc) is 2.60. The van der Waals surface area contributed by atoms with Crippen LogP contribution >= 0.6 is 11.5 Å². The van der Waals surface area contributed by atoms with Crippen molar-refractivity contribution >= 4 is 11.5 Å². The first-order valence-electron chi connectivity index (χ1n) is 3.04. The van der Waals surface area contributed by atoms with Gasteiger partial charge in [-0.05, 0) is 11.5 Å². The summed E-state index contributed by atoms with van der Waals surface area (Å²) in [6.07, 6.45) is 2.10. The van der Waals surface area contributed by atoms with Crippen LogP contribution in [0.3, 0.4) is 0 Å². The van der Waals surface area contributed by atoms with E-state index in [0.29, 0.717) is 6.42 Å². The Kier molecular flexibility index (Phi) is 1.60. The van der Waals surface area contributed by atoms with Crippen molar-refractivity contribution in [3.05, 3.63) is 23.5 Å². The van der Waals surface area contributed by atoms with Crippen LogP contribution in [0, 0.1) is 0 Å². The summed E-state index contributed by atoms with van der Waals surface area (Å²) in [7, 11) is 0. The molecular formula is C5H5N5S. The second kappa shape index (κ2) is 2.75. The molecule has 2 aromatic rings. The van der Waals surface area contributed by atoms with E-state index in [1.807, 2.05) is 0 Å². The Labute approximate surface area is 66.7 Å². The van der Waals surface area contributed by atoms with Crippen LogP contribution in [0.25, 0.3) is 0 Å². The Hall–Kier alpha value is -1.30. The molecule has 2 heterocycles. The van der Waals surface area contributed by atoms with Crippen molar-refractivity contribution < 1.29 is 0 Å². The lowest BCUT2D eigenvalue weighted by molar-refractivity contribution is 0.924. The third kappa shape index (κ3) is 1.40. The lowest BCUT2D eigenvalue weighted by Gasteiger charge is -1.86. The maximum absolute atomic E-state index is 4.03. The van der Waals surface area contributed by atoms with Gasteiger partial charge < -0.3 is 0 Å². The predicted octanol–water partition coefficient (Wildman–Crippen LogP) is 0.247. The fourth-order valence-electron chi connectivity index (χ4n) is 0.736. The van der Waals surface area contributed by atoms with Crippen LogP contribution in [0.5, 0.6) is 0 Å². The molecule has 0 unspecified atom stereocenters. The molecule has 0 saturated carbocycles. The van der Waals surface area contributed by atoms with E-state index in [1.54, 1.807) is 5.51 Å². The van der Waals surface area contributed by atoms with Gasteiger partial charge in [-0.25, -0.2) is 9.97 Å². The van der Waals surface area contributed by atoms with E-state index in [0.717, 1.165) is 11.6 Å². The van der Waals surface area contributed by atoms with E-state index in [-0.39, 0.29) is 0 Å². The Morgan fingerprint density at radius 2 is 2.45 bits per heavy atom. The number of nitrogens with one attached hydrogen (secondary N) is 1. The molecule has 0 aliphatic carbocycles. The van der Waals surface area contributed by atoms with Crippen LogP contribution in [0.4, 0.5) is 0 Å². The summed E-state index contributed by atoms with van der Waals surface area (Å²) in [6.45, 7) is 0. The monoisotopic (exact) mass is 167 g/mol. The van der Waals surface area contributed by atoms with Crippen molar-refractivity contribution in [2.75, 3.05) is 0 Å². The van der Waals surface area contributed by atoms with Crippen LogP contribution in [0.1, 0.15) is 11.6 Å². The van der Waals surface area contributed by atoms with Crippen LogP contribution in [0.15, 0.2) is 11.8 Å². The summed E-state index contributed by atoms with van der Waals surface area (Å²) < 4.78 is 4.03. The van der Waals surface area contributed by atoms with Gasteiger partial charge in [0.1, 0.15) is 23.5 Å². The number of rotatable bonds is 2. The molecule has 0 fully saturated rings. The minimum atomic E-state index is 0.628. The average molecular weight is 167 g/mol. The van der Waals surface area contributed by atoms with E-state index < -0.39 is 0 Å². The molecule has 0 spiro atoms.